The fraction of sp³-hybridized carbons (Fsp3) is 0.211. The fourth-order valence-electron chi connectivity index (χ4n) is 2.57. The number of benzene rings is 2. The molecule has 0 atom stereocenters. The summed E-state index contributed by atoms with van der Waals surface area (Å²) in [6, 6.07) is 16.8. The minimum Gasteiger partial charge on any atom is -0.479 e. The lowest BCUT2D eigenvalue weighted by molar-refractivity contribution is -0.236. The van der Waals surface area contributed by atoms with Crippen molar-refractivity contribution in [3.05, 3.63) is 71.8 Å². The maximum atomic E-state index is 12.3. The van der Waals surface area contributed by atoms with Gasteiger partial charge in [0.2, 0.25) is 0 Å². The number of nitrogens with zero attached hydrogens (tertiary/aromatic N) is 1. The lowest BCUT2D eigenvalue weighted by Gasteiger charge is -2.35. The Morgan fingerprint density at radius 3 is 1.81 bits per heavy atom. The van der Waals surface area contributed by atoms with Crippen molar-refractivity contribution in [2.24, 2.45) is 5.73 Å². The lowest BCUT2D eigenvalue weighted by atomic mass is 9.90. The van der Waals surface area contributed by atoms with E-state index in [4.69, 9.17) is 10.6 Å². The molecular weight excluding hydrogens is 352 g/mol. The molecule has 2 aromatic carbocycles. The summed E-state index contributed by atoms with van der Waals surface area (Å²) in [4.78, 5) is 41.8. The summed E-state index contributed by atoms with van der Waals surface area (Å²) in [6.07, 6.45) is -0.487. The molecule has 8 heteroatoms. The van der Waals surface area contributed by atoms with Crippen LogP contribution < -0.4 is 5.73 Å². The van der Waals surface area contributed by atoms with Gasteiger partial charge in [-0.05, 0) is 11.1 Å². The van der Waals surface area contributed by atoms with Crippen molar-refractivity contribution in [3.8, 4) is 0 Å². The molecule has 0 aliphatic carbocycles. The summed E-state index contributed by atoms with van der Waals surface area (Å²) >= 11 is 0. The third kappa shape index (κ3) is 4.49. The zero-order valence-electron chi connectivity index (χ0n) is 14.4. The predicted molar refractivity (Wildman–Crippen MR) is 95.3 cm³/mol. The maximum Gasteiger partial charge on any atom is 0.344 e. The van der Waals surface area contributed by atoms with Gasteiger partial charge in [-0.25, -0.2) is 9.59 Å². The van der Waals surface area contributed by atoms with Gasteiger partial charge in [0, 0.05) is 6.42 Å². The lowest BCUT2D eigenvalue weighted by Crippen LogP contribution is -2.64. The van der Waals surface area contributed by atoms with Gasteiger partial charge in [0.25, 0.3) is 11.4 Å². The second-order valence-electron chi connectivity index (χ2n) is 5.78. The summed E-state index contributed by atoms with van der Waals surface area (Å²) in [5.41, 5.74) is 3.77. The molecule has 0 radical (unpaired) electrons. The molecule has 0 saturated carbocycles. The molecule has 2 aromatic rings. The Kier molecular flexibility index (Phi) is 6.64. The highest BCUT2D eigenvalue weighted by Crippen LogP contribution is 2.25. The van der Waals surface area contributed by atoms with E-state index in [0.29, 0.717) is 16.2 Å². The molecule has 0 unspecified atom stereocenters. The first-order chi connectivity index (χ1) is 12.9. The molecule has 142 valence electrons. The Labute approximate surface area is 155 Å². The third-order valence-corrected chi connectivity index (χ3v) is 3.96. The van der Waals surface area contributed by atoms with Crippen molar-refractivity contribution in [1.82, 2.24) is 5.06 Å². The van der Waals surface area contributed by atoms with Crippen LogP contribution in [0.25, 0.3) is 0 Å². The van der Waals surface area contributed by atoms with Gasteiger partial charge in [-0.1, -0.05) is 60.7 Å². The molecule has 8 nitrogen and oxygen atoms in total. The Morgan fingerprint density at radius 1 is 0.889 bits per heavy atom. The second-order valence-corrected chi connectivity index (χ2v) is 5.78. The van der Waals surface area contributed by atoms with Gasteiger partial charge in [-0.2, -0.15) is 5.06 Å². The van der Waals surface area contributed by atoms with Crippen LogP contribution in [0.4, 0.5) is 0 Å². The van der Waals surface area contributed by atoms with E-state index >= 15 is 0 Å². The molecular formula is C19H20N2O6. The van der Waals surface area contributed by atoms with Crippen LogP contribution in [0.15, 0.2) is 60.7 Å². The molecule has 0 aliphatic rings. The van der Waals surface area contributed by atoms with Crippen molar-refractivity contribution in [2.45, 2.75) is 18.6 Å². The Morgan fingerprint density at radius 2 is 1.37 bits per heavy atom. The number of hydrogen-bond donors (Lipinski definition) is 3. The van der Waals surface area contributed by atoms with Gasteiger partial charge < -0.3 is 15.9 Å². The number of carboxylic acids is 2. The van der Waals surface area contributed by atoms with E-state index in [0.717, 1.165) is 0 Å². The summed E-state index contributed by atoms with van der Waals surface area (Å²) in [6.45, 7) is -0.796. The van der Waals surface area contributed by atoms with Gasteiger partial charge >= 0.3 is 11.9 Å². The van der Waals surface area contributed by atoms with Crippen LogP contribution in [0.2, 0.25) is 0 Å². The number of carboxylic acid groups (broad SMARTS) is 2. The first-order valence-corrected chi connectivity index (χ1v) is 8.12. The van der Waals surface area contributed by atoms with Crippen LogP contribution in [0.1, 0.15) is 11.1 Å². The number of carbonyl (C=O) groups is 3. The Hall–Kier alpha value is -3.23. The van der Waals surface area contributed by atoms with Gasteiger partial charge in [-0.15, -0.1) is 0 Å². The topological polar surface area (TPSA) is 130 Å². The van der Waals surface area contributed by atoms with Gasteiger partial charge in [0.15, 0.2) is 0 Å². The molecule has 2 rings (SSSR count). The van der Waals surface area contributed by atoms with Crippen LogP contribution in [0.3, 0.4) is 0 Å². The number of nitrogens with two attached hydrogens (primary N) is 1. The van der Waals surface area contributed by atoms with Gasteiger partial charge in [0.05, 0.1) is 6.54 Å². The van der Waals surface area contributed by atoms with Crippen LogP contribution >= 0.6 is 0 Å². The summed E-state index contributed by atoms with van der Waals surface area (Å²) < 4.78 is 0. The number of hydrogen-bond acceptors (Lipinski definition) is 5. The summed E-state index contributed by atoms with van der Waals surface area (Å²) in [5, 5.41) is 19.9. The zero-order valence-corrected chi connectivity index (χ0v) is 14.4. The van der Waals surface area contributed by atoms with E-state index in [-0.39, 0.29) is 6.61 Å². The van der Waals surface area contributed by atoms with E-state index < -0.39 is 36.4 Å². The van der Waals surface area contributed by atoms with Crippen molar-refractivity contribution < 1.29 is 29.4 Å². The van der Waals surface area contributed by atoms with E-state index in [1.165, 1.54) is 0 Å². The highest BCUT2D eigenvalue weighted by molar-refractivity contribution is 6.06. The van der Waals surface area contributed by atoms with Gasteiger partial charge in [0.1, 0.15) is 6.61 Å². The average molecular weight is 372 g/mol. The quantitative estimate of drug-likeness (QED) is 0.443. The standard InChI is InChI=1S/C19H20N2O6/c20-12-16(22)21(27-13-15-9-5-2-6-10-15)19(17(23)24,18(25)26)11-14-7-3-1-4-8-14/h1-10H,11-13,20H2,(H,23,24)(H,25,26). The van der Waals surface area contributed by atoms with Crippen molar-refractivity contribution in [1.29, 1.82) is 0 Å². The zero-order chi connectivity index (χ0) is 19.9. The van der Waals surface area contributed by atoms with E-state index in [2.05, 4.69) is 0 Å². The molecule has 0 heterocycles. The maximum absolute atomic E-state index is 12.3. The largest absolute Gasteiger partial charge is 0.479 e. The van der Waals surface area contributed by atoms with Crippen LogP contribution in [-0.2, 0) is 32.2 Å². The number of aliphatic carboxylic acids is 2. The van der Waals surface area contributed by atoms with Gasteiger partial charge in [-0.3, -0.25) is 9.63 Å². The van der Waals surface area contributed by atoms with Crippen LogP contribution in [-0.4, -0.2) is 45.2 Å². The predicted octanol–water partition coefficient (Wildman–Crippen LogP) is 1.06. The fourth-order valence-corrected chi connectivity index (χ4v) is 2.57. The minimum absolute atomic E-state index is 0.191. The molecule has 27 heavy (non-hydrogen) atoms. The summed E-state index contributed by atoms with van der Waals surface area (Å²) in [7, 11) is 0. The van der Waals surface area contributed by atoms with E-state index in [1.54, 1.807) is 60.7 Å². The molecule has 1 amide bonds. The number of carbonyl (C=O) groups excluding carboxylic acids is 1. The normalized spacial score (nSPS) is 11.0. The SMILES string of the molecule is NCC(=O)N(OCc1ccccc1)C(Cc1ccccc1)(C(=O)O)C(=O)O. The average Bonchev–Trinajstić information content (AvgIpc) is 2.68. The molecule has 0 bridgehead atoms. The molecule has 0 aromatic heterocycles. The third-order valence-electron chi connectivity index (χ3n) is 3.96. The molecule has 0 spiro atoms. The second kappa shape index (κ2) is 8.93. The first-order valence-electron chi connectivity index (χ1n) is 8.12. The van der Waals surface area contributed by atoms with Crippen molar-refractivity contribution >= 4 is 17.8 Å². The Bertz CT molecular complexity index is 780. The number of amides is 1. The number of rotatable bonds is 9. The monoisotopic (exact) mass is 372 g/mol. The minimum atomic E-state index is -2.66. The van der Waals surface area contributed by atoms with Crippen molar-refractivity contribution in [3.63, 3.8) is 0 Å². The van der Waals surface area contributed by atoms with Crippen LogP contribution in [0.5, 0.6) is 0 Å². The number of hydroxylamine groups is 2. The first kappa shape index (κ1) is 20.1. The molecule has 0 fully saturated rings. The van der Waals surface area contributed by atoms with E-state index in [9.17, 15) is 24.6 Å². The highest BCUT2D eigenvalue weighted by atomic mass is 16.7. The Balaban J connectivity index is 2.44. The van der Waals surface area contributed by atoms with E-state index in [1.807, 2.05) is 0 Å². The smallest absolute Gasteiger partial charge is 0.344 e. The summed E-state index contributed by atoms with van der Waals surface area (Å²) in [5.74, 6) is -4.41. The van der Waals surface area contributed by atoms with Crippen molar-refractivity contribution in [2.75, 3.05) is 6.54 Å². The molecule has 4 N–H and O–H groups in total. The highest BCUT2D eigenvalue weighted by Gasteiger charge is 2.55. The van der Waals surface area contributed by atoms with Crippen LogP contribution in [0, 0.1) is 0 Å². The molecule has 0 saturated heterocycles. The molecule has 0 aliphatic heterocycles.